The molecular weight excluding hydrogens is 256 g/mol. The second kappa shape index (κ2) is 6.67. The van der Waals surface area contributed by atoms with E-state index in [2.05, 4.69) is 10.4 Å². The Morgan fingerprint density at radius 3 is 2.80 bits per heavy atom. The number of hydrogen-bond acceptors (Lipinski definition) is 5. The molecule has 0 unspecified atom stereocenters. The van der Waals surface area contributed by atoms with Gasteiger partial charge >= 0.3 is 0 Å². The molecule has 4 N–H and O–H groups in total. The fourth-order valence-corrected chi connectivity index (χ4v) is 2.81. The zero-order valence-corrected chi connectivity index (χ0v) is 11.8. The van der Waals surface area contributed by atoms with Crippen LogP contribution in [0.4, 0.5) is 5.82 Å². The van der Waals surface area contributed by atoms with E-state index in [0.717, 1.165) is 31.4 Å². The summed E-state index contributed by atoms with van der Waals surface area (Å²) in [6, 6.07) is 3.63. The minimum Gasteiger partial charge on any atom is -0.395 e. The normalized spacial score (nSPS) is 15.3. The number of rotatable bonds is 5. The Hall–Kier alpha value is -1.66. The topological polar surface area (TPSA) is 91.5 Å². The van der Waals surface area contributed by atoms with Crippen LogP contribution in [0.1, 0.15) is 41.7 Å². The van der Waals surface area contributed by atoms with Crippen molar-refractivity contribution in [3.05, 3.63) is 23.4 Å². The van der Waals surface area contributed by atoms with Gasteiger partial charge in [0.2, 0.25) is 0 Å². The molecule has 0 saturated heterocycles. The standard InChI is InChI=1S/C14H22N4O2/c1-10-8-11(9-13(16-10)17-15)14(20)18(6-7-19)12-4-2-3-5-12/h8-9,12,19H,2-7,15H2,1H3,(H,16,17). The fraction of sp³-hybridized carbons (Fsp3) is 0.571. The maximum Gasteiger partial charge on any atom is 0.254 e. The lowest BCUT2D eigenvalue weighted by Crippen LogP contribution is -2.40. The molecule has 0 atom stereocenters. The third kappa shape index (κ3) is 3.26. The minimum absolute atomic E-state index is 0.0195. The van der Waals surface area contributed by atoms with Crippen LogP contribution in [-0.2, 0) is 0 Å². The summed E-state index contributed by atoms with van der Waals surface area (Å²) in [5, 5.41) is 9.21. The van der Waals surface area contributed by atoms with E-state index in [1.807, 2.05) is 6.92 Å². The quantitative estimate of drug-likeness (QED) is 0.553. The highest BCUT2D eigenvalue weighted by Gasteiger charge is 2.27. The maximum absolute atomic E-state index is 12.7. The summed E-state index contributed by atoms with van der Waals surface area (Å²) in [6.07, 6.45) is 4.31. The fourth-order valence-electron chi connectivity index (χ4n) is 2.81. The van der Waals surface area contributed by atoms with Crippen LogP contribution < -0.4 is 11.3 Å². The molecule has 6 heteroatoms. The van der Waals surface area contributed by atoms with E-state index < -0.39 is 0 Å². The smallest absolute Gasteiger partial charge is 0.254 e. The Kier molecular flexibility index (Phi) is 4.92. The number of nitrogen functional groups attached to an aromatic ring is 1. The van der Waals surface area contributed by atoms with Gasteiger partial charge < -0.3 is 15.4 Å². The van der Waals surface area contributed by atoms with Crippen LogP contribution in [0.15, 0.2) is 12.1 Å². The van der Waals surface area contributed by atoms with Crippen molar-refractivity contribution in [1.82, 2.24) is 9.88 Å². The van der Waals surface area contributed by atoms with Crippen LogP contribution in [0.5, 0.6) is 0 Å². The van der Waals surface area contributed by atoms with E-state index in [1.165, 1.54) is 0 Å². The number of amides is 1. The lowest BCUT2D eigenvalue weighted by molar-refractivity contribution is 0.0638. The number of hydrazine groups is 1. The average molecular weight is 278 g/mol. The van der Waals surface area contributed by atoms with E-state index in [0.29, 0.717) is 17.9 Å². The number of nitrogens with one attached hydrogen (secondary N) is 1. The lowest BCUT2D eigenvalue weighted by Gasteiger charge is -2.28. The monoisotopic (exact) mass is 278 g/mol. The van der Waals surface area contributed by atoms with Crippen molar-refractivity contribution < 1.29 is 9.90 Å². The van der Waals surface area contributed by atoms with Gasteiger partial charge in [-0.15, -0.1) is 0 Å². The first kappa shape index (κ1) is 14.7. The number of carbonyl (C=O) groups excluding carboxylic acids is 1. The largest absolute Gasteiger partial charge is 0.395 e. The summed E-state index contributed by atoms with van der Waals surface area (Å²) < 4.78 is 0. The number of aliphatic hydroxyl groups excluding tert-OH is 1. The third-order valence-electron chi connectivity index (χ3n) is 3.72. The molecular formula is C14H22N4O2. The van der Waals surface area contributed by atoms with Gasteiger partial charge in [-0.2, -0.15) is 0 Å². The molecule has 0 aromatic carbocycles. The third-order valence-corrected chi connectivity index (χ3v) is 3.72. The van der Waals surface area contributed by atoms with Crippen molar-refractivity contribution in [3.8, 4) is 0 Å². The summed E-state index contributed by atoms with van der Waals surface area (Å²) >= 11 is 0. The Morgan fingerprint density at radius 2 is 2.20 bits per heavy atom. The molecule has 1 heterocycles. The average Bonchev–Trinajstić information content (AvgIpc) is 2.97. The van der Waals surface area contributed by atoms with E-state index in [-0.39, 0.29) is 18.6 Å². The first-order valence-electron chi connectivity index (χ1n) is 7.03. The summed E-state index contributed by atoms with van der Waals surface area (Å²) in [6.45, 7) is 2.17. The van der Waals surface area contributed by atoms with Crippen LogP contribution >= 0.6 is 0 Å². The van der Waals surface area contributed by atoms with Gasteiger partial charge in [0.15, 0.2) is 0 Å². The highest BCUT2D eigenvalue weighted by Crippen LogP contribution is 2.25. The molecule has 1 fully saturated rings. The van der Waals surface area contributed by atoms with E-state index in [9.17, 15) is 9.90 Å². The van der Waals surface area contributed by atoms with Gasteiger partial charge in [0.25, 0.3) is 5.91 Å². The molecule has 0 bridgehead atoms. The highest BCUT2D eigenvalue weighted by molar-refractivity contribution is 5.95. The summed E-state index contributed by atoms with van der Waals surface area (Å²) in [4.78, 5) is 18.6. The van der Waals surface area contributed by atoms with Crippen molar-refractivity contribution in [2.75, 3.05) is 18.6 Å². The van der Waals surface area contributed by atoms with Crippen molar-refractivity contribution >= 4 is 11.7 Å². The van der Waals surface area contributed by atoms with Gasteiger partial charge in [0, 0.05) is 23.8 Å². The molecule has 1 aromatic rings. The zero-order chi connectivity index (χ0) is 14.5. The molecule has 1 aliphatic carbocycles. The molecule has 110 valence electrons. The van der Waals surface area contributed by atoms with Crippen LogP contribution in [0.25, 0.3) is 0 Å². The Labute approximate surface area is 119 Å². The Balaban J connectivity index is 2.24. The number of anilines is 1. The first-order valence-corrected chi connectivity index (χ1v) is 7.03. The number of pyridine rings is 1. The number of hydrogen-bond donors (Lipinski definition) is 3. The number of nitrogens with zero attached hydrogens (tertiary/aromatic N) is 2. The van der Waals surface area contributed by atoms with Crippen molar-refractivity contribution in [2.24, 2.45) is 5.84 Å². The van der Waals surface area contributed by atoms with Gasteiger partial charge in [-0.25, -0.2) is 10.8 Å². The van der Waals surface area contributed by atoms with Crippen molar-refractivity contribution in [2.45, 2.75) is 38.6 Å². The molecule has 1 saturated carbocycles. The molecule has 1 amide bonds. The van der Waals surface area contributed by atoms with E-state index in [1.54, 1.807) is 17.0 Å². The van der Waals surface area contributed by atoms with Gasteiger partial charge in [0.1, 0.15) is 5.82 Å². The molecule has 1 aromatic heterocycles. The molecule has 6 nitrogen and oxygen atoms in total. The number of carbonyl (C=O) groups is 1. The van der Waals surface area contributed by atoms with Crippen molar-refractivity contribution in [1.29, 1.82) is 0 Å². The van der Waals surface area contributed by atoms with E-state index in [4.69, 9.17) is 5.84 Å². The second-order valence-electron chi connectivity index (χ2n) is 5.19. The zero-order valence-electron chi connectivity index (χ0n) is 11.8. The lowest BCUT2D eigenvalue weighted by atomic mass is 10.1. The number of aromatic nitrogens is 1. The Bertz CT molecular complexity index is 472. The Morgan fingerprint density at radius 1 is 1.50 bits per heavy atom. The molecule has 0 radical (unpaired) electrons. The maximum atomic E-state index is 12.7. The number of aliphatic hydroxyl groups is 1. The second-order valence-corrected chi connectivity index (χ2v) is 5.19. The molecule has 2 rings (SSSR count). The SMILES string of the molecule is Cc1cc(C(=O)N(CCO)C2CCCC2)cc(NN)n1. The van der Waals surface area contributed by atoms with Crippen LogP contribution in [0, 0.1) is 6.92 Å². The molecule has 1 aliphatic rings. The van der Waals surface area contributed by atoms with E-state index >= 15 is 0 Å². The molecule has 0 spiro atoms. The predicted molar refractivity (Wildman–Crippen MR) is 77.2 cm³/mol. The predicted octanol–water partition coefficient (Wildman–Crippen LogP) is 1.05. The summed E-state index contributed by atoms with van der Waals surface area (Å²) in [5.74, 6) is 5.78. The van der Waals surface area contributed by atoms with Crippen LogP contribution in [-0.4, -0.2) is 40.1 Å². The molecule has 0 aliphatic heterocycles. The number of nitrogens with two attached hydrogens (primary N) is 1. The highest BCUT2D eigenvalue weighted by atomic mass is 16.3. The van der Waals surface area contributed by atoms with Gasteiger partial charge in [0.05, 0.1) is 6.61 Å². The summed E-state index contributed by atoms with van der Waals surface area (Å²) in [5.41, 5.74) is 3.77. The van der Waals surface area contributed by atoms with Crippen LogP contribution in [0.2, 0.25) is 0 Å². The minimum atomic E-state index is -0.0621. The number of aryl methyl sites for hydroxylation is 1. The summed E-state index contributed by atoms with van der Waals surface area (Å²) in [7, 11) is 0. The molecule has 20 heavy (non-hydrogen) atoms. The van der Waals surface area contributed by atoms with Gasteiger partial charge in [-0.05, 0) is 31.9 Å². The van der Waals surface area contributed by atoms with Crippen molar-refractivity contribution in [3.63, 3.8) is 0 Å². The van der Waals surface area contributed by atoms with Gasteiger partial charge in [-0.3, -0.25) is 4.79 Å². The first-order chi connectivity index (χ1) is 9.65. The van der Waals surface area contributed by atoms with Gasteiger partial charge in [-0.1, -0.05) is 12.8 Å². The van der Waals surface area contributed by atoms with Crippen LogP contribution in [0.3, 0.4) is 0 Å².